The first-order valence-corrected chi connectivity index (χ1v) is 10.9. The van der Waals surface area contributed by atoms with Crippen LogP contribution >= 0.6 is 23.1 Å². The Morgan fingerprint density at radius 1 is 1.29 bits per heavy atom. The molecule has 0 saturated carbocycles. The molecule has 1 aromatic heterocycles. The average Bonchev–Trinajstić information content (AvgIpc) is 3.28. The van der Waals surface area contributed by atoms with Gasteiger partial charge in [-0.25, -0.2) is 0 Å². The lowest BCUT2D eigenvalue weighted by molar-refractivity contribution is -0.199. The fourth-order valence-corrected chi connectivity index (χ4v) is 6.13. The SMILES string of the molecule is CO[C@@]1(NC(=O)C(C(=O)O)c2ccsc2)C(=O)N2[C@@H](C(=O)NCC(=O)O)C(C)(C)S[C@@H]21. The van der Waals surface area contributed by atoms with E-state index >= 15 is 0 Å². The van der Waals surface area contributed by atoms with Crippen LogP contribution in [0.1, 0.15) is 25.3 Å². The summed E-state index contributed by atoms with van der Waals surface area (Å²) < 4.78 is 4.55. The molecule has 1 unspecified atom stereocenters. The number of thiophene rings is 1. The van der Waals surface area contributed by atoms with Crippen LogP contribution in [0.15, 0.2) is 16.8 Å². The summed E-state index contributed by atoms with van der Waals surface area (Å²) in [6.45, 7) is 2.82. The zero-order valence-electron chi connectivity index (χ0n) is 16.8. The molecule has 2 saturated heterocycles. The smallest absolute Gasteiger partial charge is 0.322 e. The maximum absolute atomic E-state index is 13.1. The number of β-lactam (4-membered cyclic amide) rings is 1. The van der Waals surface area contributed by atoms with Gasteiger partial charge < -0.3 is 30.5 Å². The van der Waals surface area contributed by atoms with Crippen molar-refractivity contribution in [3.63, 3.8) is 0 Å². The molecular weight excluding hydrogens is 450 g/mol. The molecule has 3 rings (SSSR count). The van der Waals surface area contributed by atoms with Crippen molar-refractivity contribution in [2.45, 2.75) is 41.7 Å². The molecule has 0 radical (unpaired) electrons. The summed E-state index contributed by atoms with van der Waals surface area (Å²) in [5.74, 6) is -6.41. The normalized spacial score (nSPS) is 27.1. The molecule has 2 aliphatic rings. The fourth-order valence-electron chi connectivity index (χ4n) is 3.77. The Hall–Kier alpha value is -2.64. The summed E-state index contributed by atoms with van der Waals surface area (Å²) >= 11 is 2.43. The van der Waals surface area contributed by atoms with Crippen LogP contribution in [0, 0.1) is 0 Å². The first-order valence-electron chi connectivity index (χ1n) is 9.08. The second-order valence-corrected chi connectivity index (χ2v) is 10.1. The Bertz CT molecular complexity index is 934. The molecule has 4 N–H and O–H groups in total. The van der Waals surface area contributed by atoms with E-state index in [0.29, 0.717) is 0 Å². The zero-order chi connectivity index (χ0) is 23.1. The van der Waals surface area contributed by atoms with Gasteiger partial charge >= 0.3 is 11.9 Å². The largest absolute Gasteiger partial charge is 0.480 e. The molecule has 0 aromatic carbocycles. The maximum atomic E-state index is 13.1. The third-order valence-electron chi connectivity index (χ3n) is 5.18. The van der Waals surface area contributed by atoms with Crippen LogP contribution in [-0.2, 0) is 28.7 Å². The van der Waals surface area contributed by atoms with E-state index in [-0.39, 0.29) is 5.56 Å². The van der Waals surface area contributed by atoms with Crippen molar-refractivity contribution >= 4 is 52.8 Å². The molecule has 3 amide bonds. The van der Waals surface area contributed by atoms with Gasteiger partial charge in [0.1, 0.15) is 18.0 Å². The summed E-state index contributed by atoms with van der Waals surface area (Å²) in [4.78, 5) is 62.2. The molecule has 0 spiro atoms. The van der Waals surface area contributed by atoms with E-state index < -0.39 is 64.0 Å². The molecule has 2 fully saturated rings. The number of carbonyl (C=O) groups excluding carboxylic acids is 3. The summed E-state index contributed by atoms with van der Waals surface area (Å²) in [6.07, 6.45) is 0. The van der Waals surface area contributed by atoms with Crippen LogP contribution in [0.2, 0.25) is 0 Å². The first-order chi connectivity index (χ1) is 14.5. The van der Waals surface area contributed by atoms with Gasteiger partial charge in [-0.1, -0.05) is 0 Å². The molecular formula is C18H21N3O8S2. The van der Waals surface area contributed by atoms with E-state index in [2.05, 4.69) is 10.6 Å². The number of hydrogen-bond acceptors (Lipinski definition) is 8. The minimum atomic E-state index is -1.84. The predicted molar refractivity (Wildman–Crippen MR) is 109 cm³/mol. The maximum Gasteiger partial charge on any atom is 0.322 e. The zero-order valence-corrected chi connectivity index (χ0v) is 18.4. The number of nitrogens with one attached hydrogen (secondary N) is 2. The fraction of sp³-hybridized carbons (Fsp3) is 0.500. The number of carbonyl (C=O) groups is 5. The van der Waals surface area contributed by atoms with Crippen LogP contribution in [0.4, 0.5) is 0 Å². The van der Waals surface area contributed by atoms with E-state index in [4.69, 9.17) is 9.84 Å². The van der Waals surface area contributed by atoms with Gasteiger partial charge in [-0.15, -0.1) is 11.8 Å². The average molecular weight is 472 g/mol. The molecule has 2 aliphatic heterocycles. The van der Waals surface area contributed by atoms with E-state index in [1.807, 2.05) is 0 Å². The van der Waals surface area contributed by atoms with Crippen LogP contribution < -0.4 is 10.6 Å². The van der Waals surface area contributed by atoms with Crippen molar-refractivity contribution < 1.29 is 38.9 Å². The van der Waals surface area contributed by atoms with Gasteiger partial charge in [0.15, 0.2) is 5.92 Å². The molecule has 3 heterocycles. The third kappa shape index (κ3) is 3.77. The predicted octanol–water partition coefficient (Wildman–Crippen LogP) is -0.362. The quantitative estimate of drug-likeness (QED) is 0.225. The number of aliphatic carboxylic acids is 2. The number of fused-ring (bicyclic) bond motifs is 1. The lowest BCUT2D eigenvalue weighted by Crippen LogP contribution is -2.81. The molecule has 0 bridgehead atoms. The number of methoxy groups -OCH3 is 1. The van der Waals surface area contributed by atoms with E-state index in [0.717, 1.165) is 0 Å². The van der Waals surface area contributed by atoms with Crippen molar-refractivity contribution in [1.82, 2.24) is 15.5 Å². The lowest BCUT2D eigenvalue weighted by atomic mass is 9.91. The van der Waals surface area contributed by atoms with Crippen molar-refractivity contribution in [1.29, 1.82) is 0 Å². The molecule has 1 aromatic rings. The van der Waals surface area contributed by atoms with Gasteiger partial charge in [0.05, 0.1) is 0 Å². The lowest BCUT2D eigenvalue weighted by Gasteiger charge is -2.52. The number of amides is 3. The minimum Gasteiger partial charge on any atom is -0.480 e. The van der Waals surface area contributed by atoms with Crippen molar-refractivity contribution in [2.75, 3.05) is 13.7 Å². The Balaban J connectivity index is 1.85. The van der Waals surface area contributed by atoms with Gasteiger partial charge in [-0.3, -0.25) is 24.0 Å². The number of carboxylic acid groups (broad SMARTS) is 2. The Morgan fingerprint density at radius 2 is 1.97 bits per heavy atom. The molecule has 4 atom stereocenters. The van der Waals surface area contributed by atoms with Gasteiger partial charge in [0, 0.05) is 11.9 Å². The van der Waals surface area contributed by atoms with E-state index in [1.54, 1.807) is 19.2 Å². The van der Waals surface area contributed by atoms with Crippen LogP contribution in [0.3, 0.4) is 0 Å². The highest BCUT2D eigenvalue weighted by molar-refractivity contribution is 8.01. The van der Waals surface area contributed by atoms with Crippen molar-refractivity contribution in [2.24, 2.45) is 0 Å². The van der Waals surface area contributed by atoms with Crippen molar-refractivity contribution in [3.8, 4) is 0 Å². The number of rotatable bonds is 8. The number of hydrogen-bond donors (Lipinski definition) is 4. The highest BCUT2D eigenvalue weighted by Crippen LogP contribution is 2.55. The Labute approximate surface area is 185 Å². The van der Waals surface area contributed by atoms with Crippen LogP contribution in [-0.4, -0.2) is 80.3 Å². The van der Waals surface area contributed by atoms with Crippen molar-refractivity contribution in [3.05, 3.63) is 22.4 Å². The van der Waals surface area contributed by atoms with Gasteiger partial charge in [0.2, 0.25) is 11.8 Å². The van der Waals surface area contributed by atoms with Gasteiger partial charge in [0.25, 0.3) is 11.6 Å². The highest BCUT2D eigenvalue weighted by atomic mass is 32.2. The summed E-state index contributed by atoms with van der Waals surface area (Å²) in [7, 11) is 1.21. The van der Waals surface area contributed by atoms with Gasteiger partial charge in [-0.05, 0) is 36.2 Å². The first kappa shape index (κ1) is 23.0. The summed E-state index contributed by atoms with van der Waals surface area (Å²) in [6, 6.07) is 0.509. The monoisotopic (exact) mass is 471 g/mol. The van der Waals surface area contributed by atoms with Gasteiger partial charge in [-0.2, -0.15) is 11.3 Å². The second-order valence-electron chi connectivity index (χ2n) is 7.56. The highest BCUT2D eigenvalue weighted by Gasteiger charge is 2.73. The molecule has 0 aliphatic carbocycles. The molecule has 13 heteroatoms. The number of nitrogens with zero attached hydrogens (tertiary/aromatic N) is 1. The van der Waals surface area contributed by atoms with E-state index in [9.17, 15) is 29.1 Å². The number of thioether (sulfide) groups is 1. The standard InChI is InChI=1S/C18H21N3O8S2/c1-17(2)11(13(25)19-6-9(22)23)21-15(28)18(29-3,16(21)31-17)20-12(24)10(14(26)27)8-4-5-30-7-8/h4-5,7,10-11,16H,6H2,1-3H3,(H,19,25)(H,20,24)(H,22,23)(H,26,27)/t10?,11-,16+,18-/m0/s1. The van der Waals surface area contributed by atoms with Crippen LogP contribution in [0.25, 0.3) is 0 Å². The number of ether oxygens (including phenoxy) is 1. The topological polar surface area (TPSA) is 162 Å². The second kappa shape index (κ2) is 8.13. The Kier molecular flexibility index (Phi) is 6.04. The summed E-state index contributed by atoms with van der Waals surface area (Å²) in [5, 5.41) is 25.4. The summed E-state index contributed by atoms with van der Waals surface area (Å²) in [5.41, 5.74) is -1.57. The minimum absolute atomic E-state index is 0.273. The molecule has 168 valence electrons. The molecule has 11 nitrogen and oxygen atoms in total. The van der Waals surface area contributed by atoms with Crippen LogP contribution in [0.5, 0.6) is 0 Å². The Morgan fingerprint density at radius 3 is 2.48 bits per heavy atom. The van der Waals surface area contributed by atoms with E-state index in [1.165, 1.54) is 46.6 Å². The number of carboxylic acids is 2. The third-order valence-corrected chi connectivity index (χ3v) is 7.50. The molecule has 31 heavy (non-hydrogen) atoms.